The van der Waals surface area contributed by atoms with Gasteiger partial charge in [0, 0.05) is 31.7 Å². The number of amides is 1. The smallest absolute Gasteiger partial charge is 0.253 e. The summed E-state index contributed by atoms with van der Waals surface area (Å²) in [6, 6.07) is 25.2. The molecule has 5 heteroatoms. The molecule has 1 heterocycles. The van der Waals surface area contributed by atoms with Gasteiger partial charge < -0.3 is 14.5 Å². The van der Waals surface area contributed by atoms with Crippen molar-refractivity contribution in [1.82, 2.24) is 4.90 Å². The summed E-state index contributed by atoms with van der Waals surface area (Å²) in [5.74, 6) is 0.812. The molecule has 0 unspecified atom stereocenters. The minimum absolute atomic E-state index is 0.0541. The number of ether oxygens (including phenoxy) is 1. The molecule has 0 atom stereocenters. The van der Waals surface area contributed by atoms with Gasteiger partial charge in [-0.15, -0.1) is 0 Å². The van der Waals surface area contributed by atoms with Crippen molar-refractivity contribution in [1.29, 1.82) is 0 Å². The topological polar surface area (TPSA) is 32.8 Å². The summed E-state index contributed by atoms with van der Waals surface area (Å²) in [6.45, 7) is 3.41. The molecule has 4 nitrogen and oxygen atoms in total. The number of rotatable bonds is 5. The van der Waals surface area contributed by atoms with E-state index < -0.39 is 0 Å². The second kappa shape index (κ2) is 9.01. The molecule has 0 radical (unpaired) electrons. The van der Waals surface area contributed by atoms with Gasteiger partial charge in [0.25, 0.3) is 5.91 Å². The SMILES string of the molecule is O=C(c1ccc(OCc2ccccc2)cc1)N1CCN(c2ccccc2Cl)CC1. The molecule has 0 N–H and O–H groups in total. The molecule has 29 heavy (non-hydrogen) atoms. The highest BCUT2D eigenvalue weighted by Gasteiger charge is 2.23. The van der Waals surface area contributed by atoms with Crippen molar-refractivity contribution in [3.05, 3.63) is 95.0 Å². The number of hydrogen-bond acceptors (Lipinski definition) is 3. The first-order chi connectivity index (χ1) is 14.2. The third kappa shape index (κ3) is 4.72. The van der Waals surface area contributed by atoms with Crippen LogP contribution in [-0.4, -0.2) is 37.0 Å². The van der Waals surface area contributed by atoms with Gasteiger partial charge in [0.15, 0.2) is 0 Å². The molecule has 0 saturated carbocycles. The average molecular weight is 407 g/mol. The largest absolute Gasteiger partial charge is 0.489 e. The minimum atomic E-state index is 0.0541. The van der Waals surface area contributed by atoms with E-state index in [0.29, 0.717) is 25.3 Å². The summed E-state index contributed by atoms with van der Waals surface area (Å²) < 4.78 is 5.80. The van der Waals surface area contributed by atoms with Crippen molar-refractivity contribution in [3.8, 4) is 5.75 Å². The van der Waals surface area contributed by atoms with Crippen molar-refractivity contribution in [3.63, 3.8) is 0 Å². The Labute approximate surface area is 176 Å². The van der Waals surface area contributed by atoms with Crippen LogP contribution in [0.1, 0.15) is 15.9 Å². The third-order valence-electron chi connectivity index (χ3n) is 5.11. The summed E-state index contributed by atoms with van der Waals surface area (Å²) >= 11 is 6.30. The first-order valence-corrected chi connectivity index (χ1v) is 10.1. The van der Waals surface area contributed by atoms with E-state index in [4.69, 9.17) is 16.3 Å². The molecule has 4 rings (SSSR count). The zero-order valence-corrected chi connectivity index (χ0v) is 16.9. The quantitative estimate of drug-likeness (QED) is 0.605. The predicted molar refractivity (Wildman–Crippen MR) is 117 cm³/mol. The maximum atomic E-state index is 12.8. The molecule has 3 aromatic rings. The molecule has 0 aliphatic carbocycles. The third-order valence-corrected chi connectivity index (χ3v) is 5.43. The number of hydrogen-bond donors (Lipinski definition) is 0. The molecule has 0 bridgehead atoms. The molecule has 148 valence electrons. The highest BCUT2D eigenvalue weighted by molar-refractivity contribution is 6.33. The molecule has 1 aliphatic heterocycles. The maximum Gasteiger partial charge on any atom is 0.253 e. The summed E-state index contributed by atoms with van der Waals surface area (Å²) in [5, 5.41) is 0.748. The summed E-state index contributed by atoms with van der Waals surface area (Å²) in [7, 11) is 0. The van der Waals surface area contributed by atoms with Crippen LogP contribution in [0.15, 0.2) is 78.9 Å². The van der Waals surface area contributed by atoms with Crippen LogP contribution in [0.3, 0.4) is 0 Å². The van der Waals surface area contributed by atoms with Gasteiger partial charge in [0.05, 0.1) is 10.7 Å². The Kier molecular flexibility index (Phi) is 6.01. The molecule has 1 amide bonds. The molecule has 0 spiro atoms. The van der Waals surface area contributed by atoms with Crippen LogP contribution in [0, 0.1) is 0 Å². The number of anilines is 1. The monoisotopic (exact) mass is 406 g/mol. The highest BCUT2D eigenvalue weighted by atomic mass is 35.5. The Bertz CT molecular complexity index is 952. The summed E-state index contributed by atoms with van der Waals surface area (Å²) in [6.07, 6.45) is 0. The number of piperazine rings is 1. The minimum Gasteiger partial charge on any atom is -0.489 e. The second-order valence-electron chi connectivity index (χ2n) is 7.03. The Morgan fingerprint density at radius 1 is 0.828 bits per heavy atom. The fourth-order valence-electron chi connectivity index (χ4n) is 3.48. The second-order valence-corrected chi connectivity index (χ2v) is 7.44. The van der Waals surface area contributed by atoms with E-state index in [-0.39, 0.29) is 5.91 Å². The summed E-state index contributed by atoms with van der Waals surface area (Å²) in [5.41, 5.74) is 2.83. The first-order valence-electron chi connectivity index (χ1n) is 9.76. The Morgan fingerprint density at radius 3 is 2.17 bits per heavy atom. The van der Waals surface area contributed by atoms with Gasteiger partial charge in [-0.2, -0.15) is 0 Å². The number of halogens is 1. The molecule has 1 aliphatic rings. The van der Waals surface area contributed by atoms with Crippen molar-refractivity contribution >= 4 is 23.2 Å². The van der Waals surface area contributed by atoms with E-state index in [1.807, 2.05) is 83.8 Å². The molecule has 1 saturated heterocycles. The van der Waals surface area contributed by atoms with E-state index in [1.165, 1.54) is 0 Å². The zero-order chi connectivity index (χ0) is 20.1. The standard InChI is InChI=1S/C24H23ClN2O2/c25-22-8-4-5-9-23(22)26-14-16-27(17-15-26)24(28)20-10-12-21(13-11-20)29-18-19-6-2-1-3-7-19/h1-13H,14-18H2. The highest BCUT2D eigenvalue weighted by Crippen LogP contribution is 2.26. The lowest BCUT2D eigenvalue weighted by molar-refractivity contribution is 0.0746. The normalized spacial score (nSPS) is 14.0. The van der Waals surface area contributed by atoms with Crippen LogP contribution in [-0.2, 0) is 6.61 Å². The van der Waals surface area contributed by atoms with Crippen LogP contribution < -0.4 is 9.64 Å². The molecular formula is C24H23ClN2O2. The average Bonchev–Trinajstić information content (AvgIpc) is 2.79. The molecular weight excluding hydrogens is 384 g/mol. The number of carbonyl (C=O) groups excluding carboxylic acids is 1. The maximum absolute atomic E-state index is 12.8. The van der Waals surface area contributed by atoms with Crippen LogP contribution in [0.5, 0.6) is 5.75 Å². The lowest BCUT2D eigenvalue weighted by Crippen LogP contribution is -2.48. The van der Waals surface area contributed by atoms with Crippen molar-refractivity contribution < 1.29 is 9.53 Å². The number of benzene rings is 3. The van der Waals surface area contributed by atoms with E-state index in [1.54, 1.807) is 0 Å². The number of para-hydroxylation sites is 1. The van der Waals surface area contributed by atoms with Gasteiger partial charge in [0.2, 0.25) is 0 Å². The van der Waals surface area contributed by atoms with Gasteiger partial charge in [0.1, 0.15) is 12.4 Å². The zero-order valence-electron chi connectivity index (χ0n) is 16.1. The fourth-order valence-corrected chi connectivity index (χ4v) is 3.73. The van der Waals surface area contributed by atoms with Crippen molar-refractivity contribution in [2.45, 2.75) is 6.61 Å². The van der Waals surface area contributed by atoms with E-state index in [2.05, 4.69) is 4.90 Å². The Balaban J connectivity index is 1.32. The van der Waals surface area contributed by atoms with Crippen LogP contribution in [0.2, 0.25) is 5.02 Å². The molecule has 1 fully saturated rings. The predicted octanol–water partition coefficient (Wildman–Crippen LogP) is 4.88. The van der Waals surface area contributed by atoms with E-state index >= 15 is 0 Å². The fraction of sp³-hybridized carbons (Fsp3) is 0.208. The van der Waals surface area contributed by atoms with Gasteiger partial charge in [-0.05, 0) is 42.0 Å². The van der Waals surface area contributed by atoms with Gasteiger partial charge in [-0.1, -0.05) is 54.1 Å². The van der Waals surface area contributed by atoms with Crippen LogP contribution >= 0.6 is 11.6 Å². The Morgan fingerprint density at radius 2 is 1.48 bits per heavy atom. The van der Waals surface area contributed by atoms with E-state index in [0.717, 1.165) is 35.1 Å². The van der Waals surface area contributed by atoms with Crippen LogP contribution in [0.25, 0.3) is 0 Å². The molecule has 3 aromatic carbocycles. The lowest BCUT2D eigenvalue weighted by Gasteiger charge is -2.36. The van der Waals surface area contributed by atoms with Gasteiger partial charge in [-0.25, -0.2) is 0 Å². The number of carbonyl (C=O) groups is 1. The van der Waals surface area contributed by atoms with E-state index in [9.17, 15) is 4.79 Å². The van der Waals surface area contributed by atoms with Gasteiger partial charge in [-0.3, -0.25) is 4.79 Å². The van der Waals surface area contributed by atoms with Crippen molar-refractivity contribution in [2.75, 3.05) is 31.1 Å². The summed E-state index contributed by atoms with van der Waals surface area (Å²) in [4.78, 5) is 17.0. The lowest BCUT2D eigenvalue weighted by atomic mass is 10.1. The van der Waals surface area contributed by atoms with Crippen LogP contribution in [0.4, 0.5) is 5.69 Å². The van der Waals surface area contributed by atoms with Crippen molar-refractivity contribution in [2.24, 2.45) is 0 Å². The molecule has 0 aromatic heterocycles. The number of nitrogens with zero attached hydrogens (tertiary/aromatic N) is 2. The first kappa shape index (κ1) is 19.3. The Hall–Kier alpha value is -2.98. The van der Waals surface area contributed by atoms with Gasteiger partial charge >= 0.3 is 0 Å².